The Labute approximate surface area is 124 Å². The Morgan fingerprint density at radius 1 is 1.14 bits per heavy atom. The quantitative estimate of drug-likeness (QED) is 0.886. The Kier molecular flexibility index (Phi) is 4.95. The normalized spacial score (nSPS) is 10.6. The summed E-state index contributed by atoms with van der Waals surface area (Å²) in [4.78, 5) is 13.3. The molecular weight excluding hydrogens is 266 g/mol. The average molecular weight is 285 g/mol. The van der Waals surface area contributed by atoms with E-state index < -0.39 is 5.97 Å². The van der Waals surface area contributed by atoms with Gasteiger partial charge < -0.3 is 9.84 Å². The molecule has 0 heterocycles. The largest absolute Gasteiger partial charge is 0.497 e. The number of benzene rings is 2. The molecule has 0 spiro atoms. The van der Waals surface area contributed by atoms with Crippen molar-refractivity contribution in [1.29, 1.82) is 0 Å². The Hall–Kier alpha value is -2.33. The van der Waals surface area contributed by atoms with Crippen LogP contribution in [0, 0.1) is 0 Å². The van der Waals surface area contributed by atoms with Gasteiger partial charge in [0.25, 0.3) is 0 Å². The van der Waals surface area contributed by atoms with Crippen LogP contribution in [0.15, 0.2) is 48.5 Å². The van der Waals surface area contributed by atoms with Crippen LogP contribution in [-0.4, -0.2) is 30.1 Å². The summed E-state index contributed by atoms with van der Waals surface area (Å²) < 4.78 is 5.21. The Bertz CT molecular complexity index is 625. The van der Waals surface area contributed by atoms with Gasteiger partial charge in [0.1, 0.15) is 5.75 Å². The molecule has 0 aliphatic heterocycles. The van der Waals surface area contributed by atoms with Gasteiger partial charge in [-0.05, 0) is 36.4 Å². The van der Waals surface area contributed by atoms with Gasteiger partial charge in [0.15, 0.2) is 0 Å². The number of aromatic carboxylic acids is 1. The van der Waals surface area contributed by atoms with Crippen molar-refractivity contribution in [2.24, 2.45) is 0 Å². The summed E-state index contributed by atoms with van der Waals surface area (Å²) >= 11 is 0. The van der Waals surface area contributed by atoms with Crippen molar-refractivity contribution in [3.63, 3.8) is 0 Å². The molecular formula is C17H19NO3. The summed E-state index contributed by atoms with van der Waals surface area (Å²) in [5.41, 5.74) is 2.30. The summed E-state index contributed by atoms with van der Waals surface area (Å²) in [5, 5.41) is 9.20. The maximum atomic E-state index is 11.2. The van der Waals surface area contributed by atoms with Crippen LogP contribution < -0.4 is 4.74 Å². The lowest BCUT2D eigenvalue weighted by atomic mass is 10.1. The highest BCUT2D eigenvalue weighted by atomic mass is 16.5. The van der Waals surface area contributed by atoms with E-state index in [0.29, 0.717) is 12.1 Å². The Morgan fingerprint density at radius 3 is 2.62 bits per heavy atom. The van der Waals surface area contributed by atoms with E-state index in [1.54, 1.807) is 19.2 Å². The number of carboxylic acids is 1. The molecule has 0 saturated carbocycles. The number of methoxy groups -OCH3 is 1. The molecule has 2 aromatic rings. The number of carboxylic acid groups (broad SMARTS) is 1. The monoisotopic (exact) mass is 285 g/mol. The van der Waals surface area contributed by atoms with Crippen molar-refractivity contribution in [1.82, 2.24) is 4.90 Å². The van der Waals surface area contributed by atoms with Crippen molar-refractivity contribution in [3.05, 3.63) is 65.2 Å². The second kappa shape index (κ2) is 6.90. The molecule has 0 aliphatic rings. The van der Waals surface area contributed by atoms with Crippen LogP contribution in [0.5, 0.6) is 5.75 Å². The molecule has 0 amide bonds. The van der Waals surface area contributed by atoms with Crippen molar-refractivity contribution in [2.75, 3.05) is 14.2 Å². The van der Waals surface area contributed by atoms with E-state index in [-0.39, 0.29) is 0 Å². The minimum absolute atomic E-state index is 0.356. The topological polar surface area (TPSA) is 49.8 Å². The van der Waals surface area contributed by atoms with E-state index in [4.69, 9.17) is 4.74 Å². The maximum Gasteiger partial charge on any atom is 0.336 e. The first kappa shape index (κ1) is 15.1. The van der Waals surface area contributed by atoms with Gasteiger partial charge in [0.2, 0.25) is 0 Å². The highest BCUT2D eigenvalue weighted by molar-refractivity contribution is 5.89. The number of ether oxygens (including phenoxy) is 1. The number of carbonyl (C=O) groups is 1. The lowest BCUT2D eigenvalue weighted by Crippen LogP contribution is -2.19. The van der Waals surface area contributed by atoms with Gasteiger partial charge in [-0.1, -0.05) is 30.3 Å². The van der Waals surface area contributed by atoms with Crippen LogP contribution in [0.4, 0.5) is 0 Å². The van der Waals surface area contributed by atoms with E-state index in [1.165, 1.54) is 0 Å². The first-order chi connectivity index (χ1) is 10.1. The average Bonchev–Trinajstić information content (AvgIpc) is 2.47. The third-order valence-corrected chi connectivity index (χ3v) is 3.27. The predicted molar refractivity (Wildman–Crippen MR) is 81.6 cm³/mol. The standard InChI is InChI=1S/C17H19NO3/c1-18(11-13-6-5-8-15(10-13)21-2)12-14-7-3-4-9-16(14)17(19)20/h3-10H,11-12H2,1-2H3,(H,19,20). The molecule has 2 aromatic carbocycles. The van der Waals surface area contributed by atoms with Crippen molar-refractivity contribution >= 4 is 5.97 Å². The van der Waals surface area contributed by atoms with Crippen LogP contribution in [0.2, 0.25) is 0 Å². The van der Waals surface area contributed by atoms with Gasteiger partial charge >= 0.3 is 5.97 Å². The molecule has 0 unspecified atom stereocenters. The Morgan fingerprint density at radius 2 is 1.90 bits per heavy atom. The van der Waals surface area contributed by atoms with Crippen LogP contribution in [0.1, 0.15) is 21.5 Å². The molecule has 110 valence electrons. The van der Waals surface area contributed by atoms with E-state index in [2.05, 4.69) is 4.90 Å². The van der Waals surface area contributed by atoms with E-state index in [9.17, 15) is 9.90 Å². The third kappa shape index (κ3) is 4.07. The zero-order valence-electron chi connectivity index (χ0n) is 12.2. The second-order valence-electron chi connectivity index (χ2n) is 4.99. The molecule has 0 radical (unpaired) electrons. The van der Waals surface area contributed by atoms with Gasteiger partial charge in [0.05, 0.1) is 12.7 Å². The molecule has 0 aromatic heterocycles. The molecule has 4 nitrogen and oxygen atoms in total. The predicted octanol–water partition coefficient (Wildman–Crippen LogP) is 3.03. The fourth-order valence-corrected chi connectivity index (χ4v) is 2.30. The third-order valence-electron chi connectivity index (χ3n) is 3.27. The molecule has 0 bridgehead atoms. The van der Waals surface area contributed by atoms with Crippen molar-refractivity contribution in [2.45, 2.75) is 13.1 Å². The van der Waals surface area contributed by atoms with Crippen LogP contribution in [-0.2, 0) is 13.1 Å². The first-order valence-corrected chi connectivity index (χ1v) is 6.73. The molecule has 0 atom stereocenters. The SMILES string of the molecule is COc1cccc(CN(C)Cc2ccccc2C(=O)O)c1. The Balaban J connectivity index is 2.08. The van der Waals surface area contributed by atoms with Crippen molar-refractivity contribution in [3.8, 4) is 5.75 Å². The van der Waals surface area contributed by atoms with Gasteiger partial charge in [0, 0.05) is 13.1 Å². The lowest BCUT2D eigenvalue weighted by Gasteiger charge is -2.18. The number of hydrogen-bond acceptors (Lipinski definition) is 3. The summed E-state index contributed by atoms with van der Waals surface area (Å²) in [6.07, 6.45) is 0. The second-order valence-corrected chi connectivity index (χ2v) is 4.99. The summed E-state index contributed by atoms with van der Waals surface area (Å²) in [6.45, 7) is 1.31. The molecule has 0 aliphatic carbocycles. The first-order valence-electron chi connectivity index (χ1n) is 6.73. The van der Waals surface area contributed by atoms with Crippen LogP contribution >= 0.6 is 0 Å². The minimum Gasteiger partial charge on any atom is -0.497 e. The smallest absolute Gasteiger partial charge is 0.336 e. The number of rotatable bonds is 6. The van der Waals surface area contributed by atoms with Gasteiger partial charge in [-0.25, -0.2) is 4.79 Å². The molecule has 0 fully saturated rings. The molecule has 21 heavy (non-hydrogen) atoms. The fourth-order valence-electron chi connectivity index (χ4n) is 2.30. The maximum absolute atomic E-state index is 11.2. The molecule has 2 rings (SSSR count). The van der Waals surface area contributed by atoms with Crippen molar-refractivity contribution < 1.29 is 14.6 Å². The molecule has 0 saturated heterocycles. The van der Waals surface area contributed by atoms with Gasteiger partial charge in [-0.15, -0.1) is 0 Å². The lowest BCUT2D eigenvalue weighted by molar-refractivity contribution is 0.0694. The number of nitrogens with zero attached hydrogens (tertiary/aromatic N) is 1. The van der Waals surface area contributed by atoms with Gasteiger partial charge in [-0.3, -0.25) is 4.90 Å². The zero-order chi connectivity index (χ0) is 15.2. The molecule has 1 N–H and O–H groups in total. The van der Waals surface area contributed by atoms with E-state index >= 15 is 0 Å². The van der Waals surface area contributed by atoms with E-state index in [1.807, 2.05) is 43.4 Å². The zero-order valence-corrected chi connectivity index (χ0v) is 12.2. The van der Waals surface area contributed by atoms with Gasteiger partial charge in [-0.2, -0.15) is 0 Å². The fraction of sp³-hybridized carbons (Fsp3) is 0.235. The van der Waals surface area contributed by atoms with Crippen LogP contribution in [0.25, 0.3) is 0 Å². The minimum atomic E-state index is -0.889. The number of hydrogen-bond donors (Lipinski definition) is 1. The summed E-state index contributed by atoms with van der Waals surface area (Å²) in [6, 6.07) is 15.0. The van der Waals surface area contributed by atoms with Crippen LogP contribution in [0.3, 0.4) is 0 Å². The highest BCUT2D eigenvalue weighted by Gasteiger charge is 2.11. The highest BCUT2D eigenvalue weighted by Crippen LogP contribution is 2.16. The molecule has 4 heteroatoms. The summed E-state index contributed by atoms with van der Waals surface area (Å²) in [7, 11) is 3.62. The summed E-state index contributed by atoms with van der Waals surface area (Å²) in [5.74, 6) is -0.0628. The van der Waals surface area contributed by atoms with E-state index in [0.717, 1.165) is 23.4 Å².